The van der Waals surface area contributed by atoms with Crippen molar-refractivity contribution >= 4 is 11.9 Å². The zero-order valence-electron chi connectivity index (χ0n) is 11.5. The van der Waals surface area contributed by atoms with Gasteiger partial charge in [-0.25, -0.2) is 0 Å². The molecule has 1 amide bonds. The first-order valence-corrected chi connectivity index (χ1v) is 6.59. The normalized spacial score (nSPS) is 20.5. The number of nitrogens with one attached hydrogen (secondary N) is 1. The molecule has 1 saturated heterocycles. The Balaban J connectivity index is 2.68. The van der Waals surface area contributed by atoms with Crippen LogP contribution in [-0.4, -0.2) is 46.6 Å². The summed E-state index contributed by atoms with van der Waals surface area (Å²) in [6.45, 7) is 6.96. The third kappa shape index (κ3) is 4.29. The predicted molar refractivity (Wildman–Crippen MR) is 69.4 cm³/mol. The highest BCUT2D eigenvalue weighted by atomic mass is 16.4. The number of carbonyl (C=O) groups is 2. The van der Waals surface area contributed by atoms with Crippen molar-refractivity contribution in [3.8, 4) is 0 Å². The fourth-order valence-corrected chi connectivity index (χ4v) is 2.23. The van der Waals surface area contributed by atoms with Gasteiger partial charge < -0.3 is 15.3 Å². The minimum Gasteiger partial charge on any atom is -0.481 e. The van der Waals surface area contributed by atoms with Crippen molar-refractivity contribution in [3.05, 3.63) is 0 Å². The van der Waals surface area contributed by atoms with Gasteiger partial charge in [-0.1, -0.05) is 6.42 Å². The van der Waals surface area contributed by atoms with Crippen LogP contribution in [0.3, 0.4) is 0 Å². The maximum absolute atomic E-state index is 12.4. The van der Waals surface area contributed by atoms with Crippen molar-refractivity contribution in [2.45, 2.75) is 58.0 Å². The molecule has 0 aromatic carbocycles. The molecule has 0 bridgehead atoms. The molecule has 1 fully saturated rings. The molecule has 1 unspecified atom stereocenters. The summed E-state index contributed by atoms with van der Waals surface area (Å²) in [4.78, 5) is 24.8. The molecule has 0 radical (unpaired) electrons. The Kier molecular flexibility index (Phi) is 5.14. The van der Waals surface area contributed by atoms with Gasteiger partial charge in [-0.2, -0.15) is 0 Å². The van der Waals surface area contributed by atoms with Crippen LogP contribution in [0, 0.1) is 0 Å². The van der Waals surface area contributed by atoms with Gasteiger partial charge in [-0.3, -0.25) is 9.59 Å². The molecule has 1 heterocycles. The first kappa shape index (κ1) is 15.0. The third-order valence-corrected chi connectivity index (χ3v) is 3.23. The van der Waals surface area contributed by atoms with Crippen LogP contribution in [0.15, 0.2) is 0 Å². The fraction of sp³-hybridized carbons (Fsp3) is 0.846. The van der Waals surface area contributed by atoms with E-state index in [0.29, 0.717) is 0 Å². The number of carboxylic acids is 1. The van der Waals surface area contributed by atoms with Gasteiger partial charge in [-0.05, 0) is 40.2 Å². The van der Waals surface area contributed by atoms with E-state index in [-0.39, 0.29) is 30.5 Å². The number of carbonyl (C=O) groups excluding carboxylic acids is 1. The molecule has 1 aliphatic heterocycles. The van der Waals surface area contributed by atoms with E-state index in [1.807, 2.05) is 20.8 Å². The van der Waals surface area contributed by atoms with Crippen molar-refractivity contribution < 1.29 is 14.7 Å². The molecule has 0 saturated carbocycles. The summed E-state index contributed by atoms with van der Waals surface area (Å²) in [7, 11) is 0. The van der Waals surface area contributed by atoms with Crippen molar-refractivity contribution in [1.82, 2.24) is 10.2 Å². The van der Waals surface area contributed by atoms with Crippen LogP contribution in [0.25, 0.3) is 0 Å². The second kappa shape index (κ2) is 6.18. The molecule has 0 aromatic heterocycles. The lowest BCUT2D eigenvalue weighted by molar-refractivity contribution is -0.142. The van der Waals surface area contributed by atoms with E-state index in [1.54, 1.807) is 4.90 Å². The summed E-state index contributed by atoms with van der Waals surface area (Å²) in [6.07, 6.45) is 3.00. The Bertz CT molecular complexity index is 304. The number of nitrogens with zero attached hydrogens (tertiary/aromatic N) is 1. The average Bonchev–Trinajstić information content (AvgIpc) is 2.28. The molecule has 1 aliphatic rings. The number of carboxylic acid groups (broad SMARTS) is 1. The standard InChI is InChI=1S/C13H24N2O3/c1-13(2,3)15(9-7-11(16)17)12(18)10-6-4-5-8-14-10/h10,14H,4-9H2,1-3H3,(H,16,17). The Morgan fingerprint density at radius 3 is 2.44 bits per heavy atom. The fourth-order valence-electron chi connectivity index (χ4n) is 2.23. The van der Waals surface area contributed by atoms with E-state index < -0.39 is 5.97 Å². The summed E-state index contributed by atoms with van der Waals surface area (Å²) >= 11 is 0. The number of piperidine rings is 1. The molecule has 18 heavy (non-hydrogen) atoms. The van der Waals surface area contributed by atoms with Crippen molar-refractivity contribution in [3.63, 3.8) is 0 Å². The van der Waals surface area contributed by atoms with Gasteiger partial charge >= 0.3 is 5.97 Å². The summed E-state index contributed by atoms with van der Waals surface area (Å²) in [6, 6.07) is -0.147. The lowest BCUT2D eigenvalue weighted by Crippen LogP contribution is -2.55. The van der Waals surface area contributed by atoms with E-state index in [2.05, 4.69) is 5.32 Å². The van der Waals surface area contributed by atoms with Gasteiger partial charge in [0.1, 0.15) is 0 Å². The smallest absolute Gasteiger partial charge is 0.305 e. The highest BCUT2D eigenvalue weighted by molar-refractivity contribution is 5.83. The van der Waals surface area contributed by atoms with Crippen LogP contribution in [0.1, 0.15) is 46.5 Å². The Labute approximate surface area is 109 Å². The Morgan fingerprint density at radius 2 is 2.00 bits per heavy atom. The van der Waals surface area contributed by atoms with E-state index in [4.69, 9.17) is 5.11 Å². The van der Waals surface area contributed by atoms with Gasteiger partial charge in [-0.15, -0.1) is 0 Å². The third-order valence-electron chi connectivity index (χ3n) is 3.23. The van der Waals surface area contributed by atoms with E-state index in [9.17, 15) is 9.59 Å². The molecular formula is C13H24N2O3. The molecule has 5 heteroatoms. The van der Waals surface area contributed by atoms with Gasteiger partial charge in [0.25, 0.3) is 0 Å². The number of hydrogen-bond donors (Lipinski definition) is 2. The van der Waals surface area contributed by atoms with Crippen LogP contribution >= 0.6 is 0 Å². The quantitative estimate of drug-likeness (QED) is 0.793. The molecule has 1 rings (SSSR count). The van der Waals surface area contributed by atoms with E-state index >= 15 is 0 Å². The van der Waals surface area contributed by atoms with Crippen molar-refractivity contribution in [2.75, 3.05) is 13.1 Å². The summed E-state index contributed by atoms with van der Waals surface area (Å²) in [5.74, 6) is -0.836. The van der Waals surface area contributed by atoms with Crippen LogP contribution < -0.4 is 5.32 Å². The molecule has 0 aromatic rings. The maximum Gasteiger partial charge on any atom is 0.305 e. The number of rotatable bonds is 4. The minimum atomic E-state index is -0.867. The first-order valence-electron chi connectivity index (χ1n) is 6.59. The van der Waals surface area contributed by atoms with Gasteiger partial charge in [0.15, 0.2) is 0 Å². The van der Waals surface area contributed by atoms with Crippen LogP contribution in [-0.2, 0) is 9.59 Å². The largest absolute Gasteiger partial charge is 0.481 e. The lowest BCUT2D eigenvalue weighted by Gasteiger charge is -2.39. The van der Waals surface area contributed by atoms with Crippen molar-refractivity contribution in [2.24, 2.45) is 0 Å². The van der Waals surface area contributed by atoms with Gasteiger partial charge in [0.2, 0.25) is 5.91 Å². The van der Waals surface area contributed by atoms with Crippen LogP contribution in [0.5, 0.6) is 0 Å². The Morgan fingerprint density at radius 1 is 1.33 bits per heavy atom. The van der Waals surface area contributed by atoms with Crippen LogP contribution in [0.4, 0.5) is 0 Å². The monoisotopic (exact) mass is 256 g/mol. The molecule has 2 N–H and O–H groups in total. The second-order valence-corrected chi connectivity index (χ2v) is 5.81. The average molecular weight is 256 g/mol. The molecule has 104 valence electrons. The summed E-state index contributed by atoms with van der Waals surface area (Å²) < 4.78 is 0. The number of amides is 1. The van der Waals surface area contributed by atoms with Gasteiger partial charge in [0, 0.05) is 12.1 Å². The minimum absolute atomic E-state index is 0.00424. The molecule has 0 aliphatic carbocycles. The lowest BCUT2D eigenvalue weighted by atomic mass is 9.99. The highest BCUT2D eigenvalue weighted by Crippen LogP contribution is 2.18. The predicted octanol–water partition coefficient (Wildman–Crippen LogP) is 1.23. The SMILES string of the molecule is CC(C)(C)N(CCC(=O)O)C(=O)C1CCCCN1. The van der Waals surface area contributed by atoms with Crippen molar-refractivity contribution in [1.29, 1.82) is 0 Å². The molecule has 0 spiro atoms. The zero-order chi connectivity index (χ0) is 13.8. The summed E-state index contributed by atoms with van der Waals surface area (Å²) in [5.41, 5.74) is -0.342. The molecule has 5 nitrogen and oxygen atoms in total. The van der Waals surface area contributed by atoms with Gasteiger partial charge in [0.05, 0.1) is 12.5 Å². The zero-order valence-corrected chi connectivity index (χ0v) is 11.5. The van der Waals surface area contributed by atoms with E-state index in [1.165, 1.54) is 0 Å². The van der Waals surface area contributed by atoms with E-state index in [0.717, 1.165) is 25.8 Å². The number of hydrogen-bond acceptors (Lipinski definition) is 3. The topological polar surface area (TPSA) is 69.6 Å². The van der Waals surface area contributed by atoms with Crippen LogP contribution in [0.2, 0.25) is 0 Å². The summed E-state index contributed by atoms with van der Waals surface area (Å²) in [5, 5.41) is 12.0. The molecule has 1 atom stereocenters. The first-order chi connectivity index (χ1) is 8.32. The maximum atomic E-state index is 12.4. The molecular weight excluding hydrogens is 232 g/mol. The highest BCUT2D eigenvalue weighted by Gasteiger charge is 2.32. The Hall–Kier alpha value is -1.10. The number of aliphatic carboxylic acids is 1. The second-order valence-electron chi connectivity index (χ2n) is 5.81.